The average molecular weight is 600 g/mol. The normalized spacial score (nSPS) is 15.5. The maximum absolute atomic E-state index is 10.1. The first kappa shape index (κ1) is 23.9. The first-order valence-corrected chi connectivity index (χ1v) is 10.5. The Morgan fingerprint density at radius 1 is 0.969 bits per heavy atom. The number of Topliss-reactive ketones (excluding diaryl/α,β-unsaturated/α-hetero) is 1. The third-order valence-corrected chi connectivity index (χ3v) is 5.34. The van der Waals surface area contributed by atoms with E-state index in [1.54, 1.807) is 6.92 Å². The molecule has 1 aliphatic heterocycles. The van der Waals surface area contributed by atoms with Gasteiger partial charge in [0.25, 0.3) is 0 Å². The number of carbonyl (C=O) groups is 1. The Hall–Kier alpha value is -2.78. The predicted molar refractivity (Wildman–Crippen MR) is 129 cm³/mol. The monoisotopic (exact) mass is 600 g/mol. The van der Waals surface area contributed by atoms with Crippen molar-refractivity contribution in [1.29, 1.82) is 0 Å². The zero-order valence-electron chi connectivity index (χ0n) is 18.1. The fraction of sp³-hybridized carbons (Fsp3) is 0.179. The number of aliphatic hydroxyl groups is 1. The van der Waals surface area contributed by atoms with Gasteiger partial charge in [0.05, 0.1) is 6.10 Å². The second-order valence-electron chi connectivity index (χ2n) is 7.88. The molecule has 0 aromatic heterocycles. The van der Waals surface area contributed by atoms with Gasteiger partial charge in [-0.3, -0.25) is 4.79 Å². The van der Waals surface area contributed by atoms with Gasteiger partial charge in [-0.15, -0.1) is 10.8 Å². The minimum Gasteiger partial charge on any atom is -0.683 e. The molecule has 4 aromatic carbocycles. The van der Waals surface area contributed by atoms with Gasteiger partial charge in [-0.05, 0) is 30.0 Å². The summed E-state index contributed by atoms with van der Waals surface area (Å²) in [6.45, 7) is 3.06. The molecule has 32 heavy (non-hydrogen) atoms. The number of ketones is 1. The van der Waals surface area contributed by atoms with Crippen molar-refractivity contribution in [3.63, 3.8) is 0 Å². The van der Waals surface area contributed by atoms with Crippen molar-refractivity contribution in [2.45, 2.75) is 32.4 Å². The Labute approximate surface area is 202 Å². The Kier molecular flexibility index (Phi) is 7.98. The molecule has 4 heteroatoms. The summed E-state index contributed by atoms with van der Waals surface area (Å²) in [6.07, 6.45) is 7.79. The summed E-state index contributed by atoms with van der Waals surface area (Å²) in [4.78, 5) is 10.1. The van der Waals surface area contributed by atoms with Crippen LogP contribution in [0.5, 0.6) is 0 Å². The zero-order chi connectivity index (χ0) is 21.8. The van der Waals surface area contributed by atoms with Crippen LogP contribution >= 0.6 is 0 Å². The molecule has 0 spiro atoms. The third kappa shape index (κ3) is 5.16. The van der Waals surface area contributed by atoms with Gasteiger partial charge in [0.2, 0.25) is 0 Å². The zero-order valence-corrected chi connectivity index (χ0v) is 20.5. The molecule has 0 aliphatic carbocycles. The number of rotatable bonds is 3. The number of hydrogen-bond acceptors (Lipinski definition) is 2. The Bertz CT molecular complexity index is 1270. The van der Waals surface area contributed by atoms with Gasteiger partial charge in [-0.25, -0.2) is 0 Å². The van der Waals surface area contributed by atoms with Gasteiger partial charge in [0.15, 0.2) is 0 Å². The Morgan fingerprint density at radius 2 is 1.53 bits per heavy atom. The molecule has 3 nitrogen and oxygen atoms in total. The summed E-state index contributed by atoms with van der Waals surface area (Å²) in [5.74, 6) is 0.0370. The van der Waals surface area contributed by atoms with Gasteiger partial charge in [-0.2, -0.15) is 30.0 Å². The summed E-state index contributed by atoms with van der Waals surface area (Å²) < 4.78 is 0. The molecular formula is C28H25IrNO2-2. The molecule has 1 aliphatic rings. The first-order chi connectivity index (χ1) is 15.0. The fourth-order valence-corrected chi connectivity index (χ4v) is 4.04. The van der Waals surface area contributed by atoms with Crippen LogP contribution in [0, 0.1) is 6.07 Å². The SMILES string of the molecule is CC(=O)CC(C)O.[Ir].[c-]1cc2c3ccccc3c3ccccc3c2cc1C1C=CC=C[N-]1. The Balaban J connectivity index is 0.000000318. The number of fused-ring (bicyclic) bond motifs is 6. The predicted octanol–water partition coefficient (Wildman–Crippen LogP) is 6.79. The summed E-state index contributed by atoms with van der Waals surface area (Å²) in [5.41, 5.74) is 1.11. The number of hydrogen-bond donors (Lipinski definition) is 1. The van der Waals surface area contributed by atoms with Crippen LogP contribution in [0.25, 0.3) is 37.6 Å². The Morgan fingerprint density at radius 3 is 2.00 bits per heavy atom. The minimum absolute atomic E-state index is 0. The van der Waals surface area contributed by atoms with Crippen molar-refractivity contribution in [2.24, 2.45) is 0 Å². The maximum atomic E-state index is 10.1. The third-order valence-electron chi connectivity index (χ3n) is 5.34. The number of nitrogens with zero attached hydrogens (tertiary/aromatic N) is 1. The van der Waals surface area contributed by atoms with Crippen LogP contribution in [0.2, 0.25) is 0 Å². The molecule has 1 heterocycles. The van der Waals surface area contributed by atoms with Gasteiger partial charge in [-0.1, -0.05) is 78.2 Å². The van der Waals surface area contributed by atoms with E-state index in [0.29, 0.717) is 0 Å². The van der Waals surface area contributed by atoms with E-state index >= 15 is 0 Å². The fourth-order valence-electron chi connectivity index (χ4n) is 4.04. The van der Waals surface area contributed by atoms with E-state index < -0.39 is 6.10 Å². The van der Waals surface area contributed by atoms with E-state index in [1.165, 1.54) is 39.2 Å². The van der Waals surface area contributed by atoms with Crippen LogP contribution in [0.3, 0.4) is 0 Å². The molecule has 2 unspecified atom stereocenters. The minimum atomic E-state index is -0.475. The molecule has 1 N–H and O–H groups in total. The van der Waals surface area contributed by atoms with Crippen LogP contribution < -0.4 is 0 Å². The molecule has 5 rings (SSSR count). The van der Waals surface area contributed by atoms with E-state index in [4.69, 9.17) is 5.11 Å². The largest absolute Gasteiger partial charge is 0.683 e. The van der Waals surface area contributed by atoms with Crippen molar-refractivity contribution < 1.29 is 30.0 Å². The molecule has 0 fully saturated rings. The van der Waals surface area contributed by atoms with E-state index in [-0.39, 0.29) is 38.4 Å². The molecular weight excluding hydrogens is 575 g/mol. The summed E-state index contributed by atoms with van der Waals surface area (Å²) in [7, 11) is 0. The van der Waals surface area contributed by atoms with Gasteiger partial charge < -0.3 is 10.4 Å². The van der Waals surface area contributed by atoms with Crippen molar-refractivity contribution in [3.8, 4) is 0 Å². The summed E-state index contributed by atoms with van der Waals surface area (Å²) in [6, 6.07) is 25.2. The molecule has 0 saturated heterocycles. The van der Waals surface area contributed by atoms with Crippen LogP contribution in [0.15, 0.2) is 85.1 Å². The van der Waals surface area contributed by atoms with Crippen molar-refractivity contribution in [3.05, 3.63) is 102 Å². The second-order valence-corrected chi connectivity index (χ2v) is 7.88. The number of aliphatic hydroxyl groups excluding tert-OH is 1. The van der Waals surface area contributed by atoms with Crippen LogP contribution in [0.4, 0.5) is 0 Å². The van der Waals surface area contributed by atoms with Gasteiger partial charge >= 0.3 is 0 Å². The number of benzene rings is 4. The van der Waals surface area contributed by atoms with E-state index in [1.807, 2.05) is 18.4 Å². The van der Waals surface area contributed by atoms with E-state index in [0.717, 1.165) is 5.56 Å². The maximum Gasteiger partial charge on any atom is 0.132 e. The smallest absolute Gasteiger partial charge is 0.132 e. The quantitative estimate of drug-likeness (QED) is 0.208. The van der Waals surface area contributed by atoms with Crippen molar-refractivity contribution in [1.82, 2.24) is 0 Å². The van der Waals surface area contributed by atoms with Gasteiger partial charge in [0, 0.05) is 26.5 Å². The van der Waals surface area contributed by atoms with E-state index in [9.17, 15) is 4.79 Å². The molecule has 165 valence electrons. The molecule has 2 atom stereocenters. The van der Waals surface area contributed by atoms with Crippen molar-refractivity contribution in [2.75, 3.05) is 0 Å². The number of carbonyl (C=O) groups excluding carboxylic acids is 1. The second kappa shape index (κ2) is 10.7. The standard InChI is InChI=1S/C23H15N.C5H10O2.Ir/c1-2-9-19-17(7-1)18-8-3-4-10-20(18)22-15-16(12-13-21(19)22)23-11-5-6-14-24-23;1-4(6)3-5(2)7;/h1-11,13-15,23H;4,6H,3H2,1-2H3;/q-2;;. The molecule has 0 amide bonds. The van der Waals surface area contributed by atoms with Gasteiger partial charge in [0.1, 0.15) is 5.78 Å². The topological polar surface area (TPSA) is 51.4 Å². The van der Waals surface area contributed by atoms with Crippen LogP contribution in [-0.4, -0.2) is 17.0 Å². The molecule has 0 bridgehead atoms. The summed E-state index contributed by atoms with van der Waals surface area (Å²) in [5, 5.41) is 20.7. The van der Waals surface area contributed by atoms with E-state index in [2.05, 4.69) is 78.1 Å². The summed E-state index contributed by atoms with van der Waals surface area (Å²) >= 11 is 0. The molecule has 4 aromatic rings. The first-order valence-electron chi connectivity index (χ1n) is 10.5. The molecule has 0 saturated carbocycles. The molecule has 1 radical (unpaired) electrons. The van der Waals surface area contributed by atoms with Crippen LogP contribution in [-0.2, 0) is 24.9 Å². The van der Waals surface area contributed by atoms with Crippen molar-refractivity contribution >= 4 is 38.1 Å². The number of allylic oxidation sites excluding steroid dienone is 2. The average Bonchev–Trinajstić information content (AvgIpc) is 2.79. The van der Waals surface area contributed by atoms with Crippen LogP contribution in [0.1, 0.15) is 31.9 Å².